The molecule has 18 heavy (non-hydrogen) atoms. The molecule has 1 N–H and O–H groups in total. The van der Waals surface area contributed by atoms with Gasteiger partial charge >= 0.3 is 0 Å². The van der Waals surface area contributed by atoms with Gasteiger partial charge in [-0.05, 0) is 37.8 Å². The SMILES string of the molecule is CCNC(CCC(C)C)Cc1cc(CC)nn1C. The summed E-state index contributed by atoms with van der Waals surface area (Å²) in [6.07, 6.45) is 4.64. The minimum atomic E-state index is 0.581. The van der Waals surface area contributed by atoms with Crippen LogP contribution in [-0.4, -0.2) is 22.4 Å². The number of hydrogen-bond acceptors (Lipinski definition) is 2. The fourth-order valence-corrected chi connectivity index (χ4v) is 2.29. The molecule has 3 nitrogen and oxygen atoms in total. The summed E-state index contributed by atoms with van der Waals surface area (Å²) in [7, 11) is 2.06. The molecular formula is C15H29N3. The van der Waals surface area contributed by atoms with E-state index in [1.54, 1.807) is 0 Å². The lowest BCUT2D eigenvalue weighted by Gasteiger charge is -2.18. The van der Waals surface area contributed by atoms with E-state index in [1.165, 1.54) is 24.2 Å². The molecule has 1 aromatic rings. The Bertz CT molecular complexity index is 342. The van der Waals surface area contributed by atoms with Crippen molar-refractivity contribution in [1.82, 2.24) is 15.1 Å². The van der Waals surface area contributed by atoms with E-state index < -0.39 is 0 Å². The van der Waals surface area contributed by atoms with Crippen molar-refractivity contribution in [1.29, 1.82) is 0 Å². The van der Waals surface area contributed by atoms with Crippen molar-refractivity contribution < 1.29 is 0 Å². The van der Waals surface area contributed by atoms with Crippen molar-refractivity contribution in [3.8, 4) is 0 Å². The van der Waals surface area contributed by atoms with Crippen LogP contribution in [0.15, 0.2) is 6.07 Å². The lowest BCUT2D eigenvalue weighted by Crippen LogP contribution is -2.32. The molecule has 0 bridgehead atoms. The molecule has 0 aliphatic heterocycles. The molecule has 0 spiro atoms. The smallest absolute Gasteiger partial charge is 0.0624 e. The fourth-order valence-electron chi connectivity index (χ4n) is 2.29. The number of aromatic nitrogens is 2. The monoisotopic (exact) mass is 251 g/mol. The number of nitrogens with one attached hydrogen (secondary N) is 1. The van der Waals surface area contributed by atoms with Gasteiger partial charge in [0.1, 0.15) is 0 Å². The second kappa shape index (κ2) is 7.57. The standard InChI is InChI=1S/C15H29N3/c1-6-13-10-15(18(5)17-13)11-14(16-7-2)9-8-12(3)4/h10,12,14,16H,6-9,11H2,1-5H3. The molecule has 0 radical (unpaired) electrons. The van der Waals surface area contributed by atoms with Gasteiger partial charge in [0.25, 0.3) is 0 Å². The molecule has 3 heteroatoms. The van der Waals surface area contributed by atoms with Crippen LogP contribution in [0.5, 0.6) is 0 Å². The third-order valence-electron chi connectivity index (χ3n) is 3.43. The quantitative estimate of drug-likeness (QED) is 0.770. The van der Waals surface area contributed by atoms with Gasteiger partial charge in [0, 0.05) is 25.2 Å². The second-order valence-corrected chi connectivity index (χ2v) is 5.53. The Morgan fingerprint density at radius 3 is 2.50 bits per heavy atom. The van der Waals surface area contributed by atoms with E-state index in [1.807, 2.05) is 4.68 Å². The molecule has 0 saturated heterocycles. The van der Waals surface area contributed by atoms with Crippen molar-refractivity contribution in [3.63, 3.8) is 0 Å². The highest BCUT2D eigenvalue weighted by Crippen LogP contribution is 2.13. The van der Waals surface area contributed by atoms with Crippen molar-refractivity contribution in [2.24, 2.45) is 13.0 Å². The highest BCUT2D eigenvalue weighted by molar-refractivity contribution is 5.11. The second-order valence-electron chi connectivity index (χ2n) is 5.53. The van der Waals surface area contributed by atoms with Gasteiger partial charge in [-0.3, -0.25) is 4.68 Å². The van der Waals surface area contributed by atoms with E-state index in [4.69, 9.17) is 0 Å². The summed E-state index contributed by atoms with van der Waals surface area (Å²) >= 11 is 0. The van der Waals surface area contributed by atoms with Crippen LogP contribution in [0.25, 0.3) is 0 Å². The van der Waals surface area contributed by atoms with Gasteiger partial charge in [0.05, 0.1) is 5.69 Å². The van der Waals surface area contributed by atoms with Crippen LogP contribution in [0.3, 0.4) is 0 Å². The first kappa shape index (κ1) is 15.2. The minimum Gasteiger partial charge on any atom is -0.314 e. The number of hydrogen-bond donors (Lipinski definition) is 1. The first-order chi connectivity index (χ1) is 8.56. The van der Waals surface area contributed by atoms with Crippen molar-refractivity contribution >= 4 is 0 Å². The third kappa shape index (κ3) is 4.81. The predicted molar refractivity (Wildman–Crippen MR) is 77.8 cm³/mol. The Labute approximate surface area is 112 Å². The van der Waals surface area contributed by atoms with Crippen LogP contribution in [-0.2, 0) is 19.9 Å². The van der Waals surface area contributed by atoms with Crippen LogP contribution < -0.4 is 5.32 Å². The van der Waals surface area contributed by atoms with Crippen molar-refractivity contribution in [2.75, 3.05) is 6.54 Å². The van der Waals surface area contributed by atoms with Crippen LogP contribution >= 0.6 is 0 Å². The molecule has 0 aromatic carbocycles. The van der Waals surface area contributed by atoms with E-state index in [2.05, 4.69) is 51.2 Å². The maximum absolute atomic E-state index is 4.53. The molecule has 104 valence electrons. The molecule has 1 rings (SSSR count). The molecule has 0 amide bonds. The highest BCUT2D eigenvalue weighted by Gasteiger charge is 2.12. The summed E-state index contributed by atoms with van der Waals surface area (Å²) in [5, 5.41) is 8.13. The maximum atomic E-state index is 4.53. The molecule has 0 saturated carbocycles. The van der Waals surface area contributed by atoms with Crippen LogP contribution in [0.4, 0.5) is 0 Å². The van der Waals surface area contributed by atoms with Gasteiger partial charge in [0.2, 0.25) is 0 Å². The number of likely N-dealkylation sites (N-methyl/N-ethyl adjacent to an activating group) is 1. The molecule has 1 aromatic heterocycles. The Hall–Kier alpha value is -0.830. The molecular weight excluding hydrogens is 222 g/mol. The molecule has 0 aliphatic rings. The maximum Gasteiger partial charge on any atom is 0.0624 e. The average Bonchev–Trinajstić information content (AvgIpc) is 2.67. The third-order valence-corrected chi connectivity index (χ3v) is 3.43. The summed E-state index contributed by atoms with van der Waals surface area (Å²) < 4.78 is 2.04. The van der Waals surface area contributed by atoms with Gasteiger partial charge < -0.3 is 5.32 Å². The fraction of sp³-hybridized carbons (Fsp3) is 0.800. The molecule has 0 aliphatic carbocycles. The van der Waals surface area contributed by atoms with E-state index in [0.29, 0.717) is 6.04 Å². The summed E-state index contributed by atoms with van der Waals surface area (Å²) in [5.41, 5.74) is 2.55. The number of aryl methyl sites for hydroxylation is 2. The van der Waals surface area contributed by atoms with Gasteiger partial charge in [0.15, 0.2) is 0 Å². The Morgan fingerprint density at radius 2 is 2.00 bits per heavy atom. The van der Waals surface area contributed by atoms with Gasteiger partial charge in [-0.15, -0.1) is 0 Å². The predicted octanol–water partition coefficient (Wildman–Crippen LogP) is 2.94. The van der Waals surface area contributed by atoms with Crippen LogP contribution in [0.2, 0.25) is 0 Å². The topological polar surface area (TPSA) is 29.9 Å². The summed E-state index contributed by atoms with van der Waals surface area (Å²) in [4.78, 5) is 0. The number of nitrogens with zero attached hydrogens (tertiary/aromatic N) is 2. The largest absolute Gasteiger partial charge is 0.314 e. The van der Waals surface area contributed by atoms with Gasteiger partial charge in [-0.25, -0.2) is 0 Å². The van der Waals surface area contributed by atoms with Gasteiger partial charge in [-0.2, -0.15) is 5.10 Å². The number of rotatable bonds is 8. The highest BCUT2D eigenvalue weighted by atomic mass is 15.3. The molecule has 1 heterocycles. The Balaban J connectivity index is 2.60. The molecule has 1 unspecified atom stereocenters. The van der Waals surface area contributed by atoms with Crippen LogP contribution in [0, 0.1) is 5.92 Å². The van der Waals surface area contributed by atoms with E-state index >= 15 is 0 Å². The van der Waals surface area contributed by atoms with E-state index in [0.717, 1.165) is 25.3 Å². The zero-order valence-electron chi connectivity index (χ0n) is 12.7. The zero-order chi connectivity index (χ0) is 13.5. The minimum absolute atomic E-state index is 0.581. The van der Waals surface area contributed by atoms with Crippen LogP contribution in [0.1, 0.15) is 51.9 Å². The summed E-state index contributed by atoms with van der Waals surface area (Å²) in [6, 6.07) is 2.83. The van der Waals surface area contributed by atoms with Gasteiger partial charge in [-0.1, -0.05) is 27.7 Å². The van der Waals surface area contributed by atoms with Crippen molar-refractivity contribution in [2.45, 2.75) is 59.4 Å². The average molecular weight is 251 g/mol. The first-order valence-electron chi connectivity index (χ1n) is 7.31. The summed E-state index contributed by atoms with van der Waals surface area (Å²) in [5.74, 6) is 0.781. The first-order valence-corrected chi connectivity index (χ1v) is 7.31. The summed E-state index contributed by atoms with van der Waals surface area (Å²) in [6.45, 7) is 9.97. The zero-order valence-corrected chi connectivity index (χ0v) is 12.7. The van der Waals surface area contributed by atoms with Crippen molar-refractivity contribution in [3.05, 3.63) is 17.5 Å². The molecule has 1 atom stereocenters. The Morgan fingerprint density at radius 1 is 1.28 bits per heavy atom. The lowest BCUT2D eigenvalue weighted by molar-refractivity contribution is 0.427. The lowest BCUT2D eigenvalue weighted by atomic mass is 10.00. The van der Waals surface area contributed by atoms with E-state index in [-0.39, 0.29) is 0 Å². The van der Waals surface area contributed by atoms with E-state index in [9.17, 15) is 0 Å². The Kier molecular flexibility index (Phi) is 6.41. The molecule has 0 fully saturated rings. The normalized spacial score (nSPS) is 13.2.